The van der Waals surface area contributed by atoms with E-state index in [-0.39, 0.29) is 5.91 Å². The van der Waals surface area contributed by atoms with Crippen LogP contribution in [0.15, 0.2) is 12.1 Å². The lowest BCUT2D eigenvalue weighted by Crippen LogP contribution is -2.07. The molecule has 2 nitrogen and oxygen atoms in total. The molecule has 1 aliphatic carbocycles. The van der Waals surface area contributed by atoms with Crippen molar-refractivity contribution in [3.05, 3.63) is 21.9 Å². The number of thiophene rings is 1. The van der Waals surface area contributed by atoms with Gasteiger partial charge in [-0.2, -0.15) is 0 Å². The third-order valence-electron chi connectivity index (χ3n) is 2.55. The summed E-state index contributed by atoms with van der Waals surface area (Å²) < 4.78 is 0. The van der Waals surface area contributed by atoms with Gasteiger partial charge < -0.3 is 4.90 Å². The first-order chi connectivity index (χ1) is 6.34. The van der Waals surface area contributed by atoms with Crippen LogP contribution in [-0.2, 0) is 0 Å². The van der Waals surface area contributed by atoms with E-state index in [0.29, 0.717) is 0 Å². The second-order valence-corrected chi connectivity index (χ2v) is 4.88. The predicted octanol–water partition coefficient (Wildman–Crippen LogP) is 2.08. The third kappa shape index (κ3) is 1.37. The van der Waals surface area contributed by atoms with E-state index in [1.54, 1.807) is 11.3 Å². The van der Waals surface area contributed by atoms with Gasteiger partial charge in [0.05, 0.1) is 4.88 Å². The Balaban J connectivity index is 1.83. The van der Waals surface area contributed by atoms with Crippen LogP contribution in [0.25, 0.3) is 0 Å². The summed E-state index contributed by atoms with van der Waals surface area (Å²) in [6.45, 7) is 1.91. The summed E-state index contributed by atoms with van der Waals surface area (Å²) in [4.78, 5) is 15.8. The van der Waals surface area contributed by atoms with Crippen molar-refractivity contribution in [2.45, 2.75) is 18.8 Å². The van der Waals surface area contributed by atoms with E-state index in [1.165, 1.54) is 17.7 Å². The molecule has 13 heavy (non-hydrogen) atoms. The van der Waals surface area contributed by atoms with Gasteiger partial charge in [-0.05, 0) is 30.9 Å². The molecule has 0 aromatic carbocycles. The molecule has 0 spiro atoms. The fourth-order valence-electron chi connectivity index (χ4n) is 1.46. The minimum atomic E-state index is 0.233. The average molecular weight is 193 g/mol. The maximum atomic E-state index is 11.6. The number of carbonyl (C=O) groups excluding carboxylic acids is 1. The van der Waals surface area contributed by atoms with Crippen molar-refractivity contribution < 1.29 is 4.79 Å². The molecule has 3 heteroatoms. The van der Waals surface area contributed by atoms with E-state index in [4.69, 9.17) is 0 Å². The van der Waals surface area contributed by atoms with E-state index in [2.05, 4.69) is 6.07 Å². The summed E-state index contributed by atoms with van der Waals surface area (Å²) in [5.41, 5.74) is 0. The van der Waals surface area contributed by atoms with E-state index >= 15 is 0 Å². The van der Waals surface area contributed by atoms with Crippen molar-refractivity contribution in [3.63, 3.8) is 0 Å². The lowest BCUT2D eigenvalue weighted by atomic mass is 10.3. The van der Waals surface area contributed by atoms with Gasteiger partial charge in [0, 0.05) is 18.0 Å². The molecule has 0 atom stereocenters. The first-order valence-electron chi connectivity index (χ1n) is 4.73. The zero-order valence-corrected chi connectivity index (χ0v) is 8.14. The van der Waals surface area contributed by atoms with Gasteiger partial charge in [0.1, 0.15) is 0 Å². The molecule has 2 fully saturated rings. The normalized spacial score (nSPS) is 20.5. The van der Waals surface area contributed by atoms with Gasteiger partial charge in [-0.1, -0.05) is 0 Å². The monoisotopic (exact) mass is 193 g/mol. The van der Waals surface area contributed by atoms with Gasteiger partial charge in [0.2, 0.25) is 0 Å². The van der Waals surface area contributed by atoms with Gasteiger partial charge in [0.15, 0.2) is 0 Å². The molecular formula is C10H11NOS. The number of carbonyl (C=O) groups is 1. The Labute approximate surface area is 81.2 Å². The second kappa shape index (κ2) is 2.58. The number of amides is 1. The first-order valence-corrected chi connectivity index (χ1v) is 5.55. The van der Waals surface area contributed by atoms with E-state index in [9.17, 15) is 4.79 Å². The molecule has 1 saturated carbocycles. The largest absolute Gasteiger partial charge is 0.334 e. The summed E-state index contributed by atoms with van der Waals surface area (Å²) in [6, 6.07) is 4.11. The molecule has 2 aliphatic rings. The third-order valence-corrected chi connectivity index (χ3v) is 3.79. The number of hydrogen-bond donors (Lipinski definition) is 0. The molecule has 0 radical (unpaired) electrons. The van der Waals surface area contributed by atoms with Crippen LogP contribution in [0.3, 0.4) is 0 Å². The lowest BCUT2D eigenvalue weighted by molar-refractivity contribution is 0.0890. The topological polar surface area (TPSA) is 20.1 Å². The Hall–Kier alpha value is -0.830. The number of rotatable bonds is 2. The van der Waals surface area contributed by atoms with Crippen LogP contribution >= 0.6 is 11.3 Å². The van der Waals surface area contributed by atoms with Crippen molar-refractivity contribution in [1.29, 1.82) is 0 Å². The van der Waals surface area contributed by atoms with E-state index in [0.717, 1.165) is 23.9 Å². The van der Waals surface area contributed by atoms with Crippen LogP contribution in [0.4, 0.5) is 0 Å². The molecule has 0 bridgehead atoms. The van der Waals surface area contributed by atoms with Crippen LogP contribution in [0, 0.1) is 0 Å². The van der Waals surface area contributed by atoms with Crippen LogP contribution in [0.1, 0.15) is 33.3 Å². The van der Waals surface area contributed by atoms with Crippen LogP contribution in [-0.4, -0.2) is 23.9 Å². The molecule has 1 amide bonds. The summed E-state index contributed by atoms with van der Waals surface area (Å²) in [6.07, 6.45) is 2.63. The van der Waals surface area contributed by atoms with Crippen LogP contribution < -0.4 is 0 Å². The summed E-state index contributed by atoms with van der Waals surface area (Å²) in [7, 11) is 0. The molecule has 0 N–H and O–H groups in total. The Morgan fingerprint density at radius 2 is 2.15 bits per heavy atom. The molecule has 1 aromatic heterocycles. The number of nitrogens with zero attached hydrogens (tertiary/aromatic N) is 1. The molecule has 1 aliphatic heterocycles. The first kappa shape index (κ1) is 7.56. The fourth-order valence-corrected chi connectivity index (χ4v) is 2.61. The summed E-state index contributed by atoms with van der Waals surface area (Å²) >= 11 is 1.69. The van der Waals surface area contributed by atoms with E-state index in [1.807, 2.05) is 11.0 Å². The quantitative estimate of drug-likeness (QED) is 0.658. The number of hydrogen-bond acceptors (Lipinski definition) is 2. The van der Waals surface area contributed by atoms with Gasteiger partial charge in [0.25, 0.3) is 5.91 Å². The maximum absolute atomic E-state index is 11.6. The molecule has 68 valence electrons. The zero-order chi connectivity index (χ0) is 8.84. The van der Waals surface area contributed by atoms with Gasteiger partial charge in [-0.15, -0.1) is 11.3 Å². The molecule has 1 aromatic rings. The Morgan fingerprint density at radius 3 is 2.77 bits per heavy atom. The van der Waals surface area contributed by atoms with Crippen molar-refractivity contribution in [1.82, 2.24) is 4.90 Å². The molecule has 2 heterocycles. The van der Waals surface area contributed by atoms with E-state index < -0.39 is 0 Å². The molecule has 1 saturated heterocycles. The Kier molecular flexibility index (Phi) is 1.50. The summed E-state index contributed by atoms with van der Waals surface area (Å²) in [5, 5.41) is 0. The minimum absolute atomic E-state index is 0.233. The fraction of sp³-hybridized carbons (Fsp3) is 0.500. The van der Waals surface area contributed by atoms with Crippen LogP contribution in [0.2, 0.25) is 0 Å². The van der Waals surface area contributed by atoms with Crippen molar-refractivity contribution in [2.24, 2.45) is 0 Å². The lowest BCUT2D eigenvalue weighted by Gasteiger charge is -1.95. The highest BCUT2D eigenvalue weighted by Gasteiger charge is 2.29. The molecule has 3 rings (SSSR count). The summed E-state index contributed by atoms with van der Waals surface area (Å²) in [5.74, 6) is 1.01. The van der Waals surface area contributed by atoms with Crippen LogP contribution in [0.5, 0.6) is 0 Å². The van der Waals surface area contributed by atoms with Gasteiger partial charge >= 0.3 is 0 Å². The SMILES string of the molecule is O=C(c1ccc(C2CC2)s1)N1CC1. The molecular weight excluding hydrogens is 182 g/mol. The van der Waals surface area contributed by atoms with Gasteiger partial charge in [-0.3, -0.25) is 4.79 Å². The van der Waals surface area contributed by atoms with Gasteiger partial charge in [-0.25, -0.2) is 0 Å². The van der Waals surface area contributed by atoms with Crippen molar-refractivity contribution >= 4 is 17.2 Å². The highest BCUT2D eigenvalue weighted by atomic mass is 32.1. The average Bonchev–Trinajstić information content (AvgIpc) is 3.02. The highest BCUT2D eigenvalue weighted by Crippen LogP contribution is 2.43. The Morgan fingerprint density at radius 1 is 1.38 bits per heavy atom. The highest BCUT2D eigenvalue weighted by molar-refractivity contribution is 7.14. The Bertz CT molecular complexity index is 350. The van der Waals surface area contributed by atoms with Crippen molar-refractivity contribution in [2.75, 3.05) is 13.1 Å². The second-order valence-electron chi connectivity index (χ2n) is 3.77. The minimum Gasteiger partial charge on any atom is -0.334 e. The maximum Gasteiger partial charge on any atom is 0.264 e. The van der Waals surface area contributed by atoms with Crippen molar-refractivity contribution in [3.8, 4) is 0 Å². The predicted molar refractivity (Wildman–Crippen MR) is 52.2 cm³/mol. The standard InChI is InChI=1S/C10H11NOS/c12-10(11-5-6-11)9-4-3-8(13-9)7-1-2-7/h3-4,7H,1-2,5-6H2. The molecule has 0 unspecified atom stereocenters. The smallest absolute Gasteiger partial charge is 0.264 e. The zero-order valence-electron chi connectivity index (χ0n) is 7.32.